The Labute approximate surface area is 155 Å². The van der Waals surface area contributed by atoms with Crippen LogP contribution in [0.3, 0.4) is 0 Å². The van der Waals surface area contributed by atoms with E-state index in [0.717, 1.165) is 27.7 Å². The SMILES string of the molecule is CCc1ccccc1NC(=O)CNC(=O)COc1ccc(C)cc1Br. The van der Waals surface area contributed by atoms with Crippen LogP contribution in [0.25, 0.3) is 0 Å². The van der Waals surface area contributed by atoms with Crippen LogP contribution in [0.15, 0.2) is 46.9 Å². The fourth-order valence-corrected chi connectivity index (χ4v) is 2.85. The number of anilines is 1. The third-order valence-corrected chi connectivity index (χ3v) is 4.18. The van der Waals surface area contributed by atoms with Crippen LogP contribution in [0.2, 0.25) is 0 Å². The Morgan fingerprint density at radius 2 is 1.88 bits per heavy atom. The van der Waals surface area contributed by atoms with E-state index in [9.17, 15) is 9.59 Å². The van der Waals surface area contributed by atoms with E-state index in [1.807, 2.05) is 50.2 Å². The number of hydrogen-bond acceptors (Lipinski definition) is 3. The van der Waals surface area contributed by atoms with Gasteiger partial charge in [0.1, 0.15) is 5.75 Å². The molecule has 0 aromatic heterocycles. The van der Waals surface area contributed by atoms with E-state index < -0.39 is 0 Å². The van der Waals surface area contributed by atoms with Crippen LogP contribution in [-0.2, 0) is 16.0 Å². The van der Waals surface area contributed by atoms with Crippen molar-refractivity contribution in [1.82, 2.24) is 5.32 Å². The lowest BCUT2D eigenvalue weighted by molar-refractivity contribution is -0.125. The molecule has 2 amide bonds. The molecular weight excluding hydrogens is 384 g/mol. The zero-order valence-corrected chi connectivity index (χ0v) is 15.9. The molecule has 0 radical (unpaired) electrons. The maximum atomic E-state index is 12.0. The summed E-state index contributed by atoms with van der Waals surface area (Å²) in [5, 5.41) is 5.35. The first-order valence-corrected chi connectivity index (χ1v) is 8.82. The van der Waals surface area contributed by atoms with Gasteiger partial charge in [0.05, 0.1) is 11.0 Å². The molecule has 2 aromatic rings. The number of amides is 2. The second-order valence-corrected chi connectivity index (χ2v) is 6.41. The van der Waals surface area contributed by atoms with Crippen molar-refractivity contribution in [3.8, 4) is 5.75 Å². The summed E-state index contributed by atoms with van der Waals surface area (Å²) in [5.41, 5.74) is 2.91. The van der Waals surface area contributed by atoms with Crippen LogP contribution < -0.4 is 15.4 Å². The fourth-order valence-electron chi connectivity index (χ4n) is 2.24. The van der Waals surface area contributed by atoms with Gasteiger partial charge in [-0.15, -0.1) is 0 Å². The first-order chi connectivity index (χ1) is 12.0. The Bertz CT molecular complexity index is 762. The average molecular weight is 405 g/mol. The van der Waals surface area contributed by atoms with E-state index >= 15 is 0 Å². The minimum atomic E-state index is -0.355. The molecule has 0 spiro atoms. The standard InChI is InChI=1S/C19H21BrN2O3/c1-3-14-6-4-5-7-16(14)22-18(23)11-21-19(24)12-25-17-9-8-13(2)10-15(17)20/h4-10H,3,11-12H2,1-2H3,(H,21,24)(H,22,23). The van der Waals surface area contributed by atoms with Crippen molar-refractivity contribution in [2.75, 3.05) is 18.5 Å². The first-order valence-electron chi connectivity index (χ1n) is 8.03. The van der Waals surface area contributed by atoms with Crippen molar-refractivity contribution in [1.29, 1.82) is 0 Å². The Hall–Kier alpha value is -2.34. The van der Waals surface area contributed by atoms with Crippen molar-refractivity contribution in [3.63, 3.8) is 0 Å². The molecule has 6 heteroatoms. The summed E-state index contributed by atoms with van der Waals surface area (Å²) in [6.45, 7) is 3.74. The number of aryl methyl sites for hydroxylation is 2. The fraction of sp³-hybridized carbons (Fsp3) is 0.263. The minimum Gasteiger partial charge on any atom is -0.483 e. The highest BCUT2D eigenvalue weighted by molar-refractivity contribution is 9.10. The number of carbonyl (C=O) groups is 2. The molecule has 5 nitrogen and oxygen atoms in total. The summed E-state index contributed by atoms with van der Waals surface area (Å²) < 4.78 is 6.24. The van der Waals surface area contributed by atoms with Gasteiger partial charge in [-0.1, -0.05) is 31.2 Å². The molecule has 25 heavy (non-hydrogen) atoms. The molecule has 2 rings (SSSR count). The molecule has 0 aliphatic rings. The predicted octanol–water partition coefficient (Wildman–Crippen LogP) is 3.45. The lowest BCUT2D eigenvalue weighted by Gasteiger charge is -2.11. The Kier molecular flexibility index (Phi) is 7.01. The molecule has 0 saturated heterocycles. The van der Waals surface area contributed by atoms with Gasteiger partial charge in [-0.2, -0.15) is 0 Å². The van der Waals surface area contributed by atoms with Crippen molar-refractivity contribution in [2.45, 2.75) is 20.3 Å². The number of ether oxygens (including phenoxy) is 1. The number of hydrogen-bond donors (Lipinski definition) is 2. The van der Waals surface area contributed by atoms with E-state index in [0.29, 0.717) is 5.75 Å². The highest BCUT2D eigenvalue weighted by atomic mass is 79.9. The molecule has 0 bridgehead atoms. The highest BCUT2D eigenvalue weighted by Crippen LogP contribution is 2.25. The van der Waals surface area contributed by atoms with Gasteiger partial charge in [0.2, 0.25) is 5.91 Å². The second-order valence-electron chi connectivity index (χ2n) is 5.56. The summed E-state index contributed by atoms with van der Waals surface area (Å²) in [6.07, 6.45) is 0.822. The number of rotatable bonds is 7. The molecule has 132 valence electrons. The van der Waals surface area contributed by atoms with Crippen LogP contribution >= 0.6 is 15.9 Å². The quantitative estimate of drug-likeness (QED) is 0.742. The van der Waals surface area contributed by atoms with Crippen LogP contribution in [0.5, 0.6) is 5.75 Å². The molecule has 2 N–H and O–H groups in total. The largest absolute Gasteiger partial charge is 0.483 e. The normalized spacial score (nSPS) is 10.2. The maximum absolute atomic E-state index is 12.0. The molecule has 0 saturated carbocycles. The number of benzene rings is 2. The summed E-state index contributed by atoms with van der Waals surface area (Å²) in [6, 6.07) is 13.2. The maximum Gasteiger partial charge on any atom is 0.258 e. The van der Waals surface area contributed by atoms with Crippen molar-refractivity contribution in [2.24, 2.45) is 0 Å². The van der Waals surface area contributed by atoms with Crippen molar-refractivity contribution < 1.29 is 14.3 Å². The smallest absolute Gasteiger partial charge is 0.258 e. The van der Waals surface area contributed by atoms with Crippen molar-refractivity contribution >= 4 is 33.4 Å². The molecule has 0 fully saturated rings. The topological polar surface area (TPSA) is 67.4 Å². The van der Waals surface area contributed by atoms with E-state index in [1.165, 1.54) is 0 Å². The minimum absolute atomic E-state index is 0.102. The van der Waals surface area contributed by atoms with E-state index in [1.54, 1.807) is 6.07 Å². The van der Waals surface area contributed by atoms with Gasteiger partial charge in [-0.05, 0) is 58.6 Å². The summed E-state index contributed by atoms with van der Waals surface area (Å²) >= 11 is 3.39. The van der Waals surface area contributed by atoms with Gasteiger partial charge in [0.25, 0.3) is 5.91 Å². The number of halogens is 1. The number of nitrogens with one attached hydrogen (secondary N) is 2. The van der Waals surface area contributed by atoms with E-state index in [2.05, 4.69) is 26.6 Å². The van der Waals surface area contributed by atoms with Crippen LogP contribution in [0, 0.1) is 6.92 Å². The summed E-state index contributed by atoms with van der Waals surface area (Å²) in [4.78, 5) is 23.8. The Morgan fingerprint density at radius 1 is 1.12 bits per heavy atom. The molecule has 0 atom stereocenters. The van der Waals surface area contributed by atoms with E-state index in [-0.39, 0.29) is 25.0 Å². The third kappa shape index (κ3) is 5.90. The van der Waals surface area contributed by atoms with Gasteiger partial charge in [-0.3, -0.25) is 9.59 Å². The van der Waals surface area contributed by atoms with Gasteiger partial charge in [0.15, 0.2) is 6.61 Å². The van der Waals surface area contributed by atoms with E-state index in [4.69, 9.17) is 4.74 Å². The summed E-state index contributed by atoms with van der Waals surface area (Å²) in [5.74, 6) is -0.0424. The lowest BCUT2D eigenvalue weighted by atomic mass is 10.1. The molecule has 0 aliphatic carbocycles. The number of carbonyl (C=O) groups excluding carboxylic acids is 2. The summed E-state index contributed by atoms with van der Waals surface area (Å²) in [7, 11) is 0. The zero-order chi connectivity index (χ0) is 18.2. The molecule has 2 aromatic carbocycles. The zero-order valence-electron chi connectivity index (χ0n) is 14.3. The molecule has 0 unspecified atom stereocenters. The van der Waals surface area contributed by atoms with Crippen LogP contribution in [-0.4, -0.2) is 25.0 Å². The second kappa shape index (κ2) is 9.22. The third-order valence-electron chi connectivity index (χ3n) is 3.56. The van der Waals surface area contributed by atoms with Crippen LogP contribution in [0.1, 0.15) is 18.1 Å². The van der Waals surface area contributed by atoms with Gasteiger partial charge in [-0.25, -0.2) is 0 Å². The Balaban J connectivity index is 1.78. The van der Waals surface area contributed by atoms with Gasteiger partial charge < -0.3 is 15.4 Å². The average Bonchev–Trinajstić information content (AvgIpc) is 2.59. The number of para-hydroxylation sites is 1. The first kappa shape index (κ1) is 19.0. The van der Waals surface area contributed by atoms with Gasteiger partial charge in [0, 0.05) is 5.69 Å². The van der Waals surface area contributed by atoms with Crippen molar-refractivity contribution in [3.05, 3.63) is 58.1 Å². The molecule has 0 heterocycles. The lowest BCUT2D eigenvalue weighted by Crippen LogP contribution is -2.35. The molecule has 0 aliphatic heterocycles. The van der Waals surface area contributed by atoms with Crippen LogP contribution in [0.4, 0.5) is 5.69 Å². The molecular formula is C19H21BrN2O3. The highest BCUT2D eigenvalue weighted by Gasteiger charge is 2.09. The predicted molar refractivity (Wildman–Crippen MR) is 102 cm³/mol. The van der Waals surface area contributed by atoms with Gasteiger partial charge >= 0.3 is 0 Å². The monoisotopic (exact) mass is 404 g/mol. The Morgan fingerprint density at radius 3 is 2.60 bits per heavy atom.